The summed E-state index contributed by atoms with van der Waals surface area (Å²) in [5.74, 6) is -3.73. The average molecular weight is 834 g/mol. The number of ether oxygens (including phenoxy) is 2. The Balaban J connectivity index is 1.29. The lowest BCUT2D eigenvalue weighted by Crippen LogP contribution is -2.66. The van der Waals surface area contributed by atoms with E-state index < -0.39 is 85.9 Å². The van der Waals surface area contributed by atoms with Crippen molar-refractivity contribution in [2.45, 2.75) is 126 Å². The summed E-state index contributed by atoms with van der Waals surface area (Å²) in [5.41, 5.74) is -3.73. The van der Waals surface area contributed by atoms with Gasteiger partial charge in [0.1, 0.15) is 35.0 Å². The molecule has 0 bridgehead atoms. The van der Waals surface area contributed by atoms with E-state index in [-0.39, 0.29) is 42.5 Å². The monoisotopic (exact) mass is 833 g/mol. The van der Waals surface area contributed by atoms with Gasteiger partial charge < -0.3 is 24.8 Å². The van der Waals surface area contributed by atoms with Crippen molar-refractivity contribution in [1.29, 1.82) is 0 Å². The maximum atomic E-state index is 15.0. The van der Waals surface area contributed by atoms with E-state index in [0.29, 0.717) is 57.3 Å². The summed E-state index contributed by atoms with van der Waals surface area (Å²) in [4.78, 5) is 62.1. The smallest absolute Gasteiger partial charge is 0.411 e. The van der Waals surface area contributed by atoms with Crippen LogP contribution in [-0.4, -0.2) is 105 Å². The van der Waals surface area contributed by atoms with E-state index in [9.17, 15) is 41.1 Å². The molecule has 0 spiro atoms. The van der Waals surface area contributed by atoms with Crippen molar-refractivity contribution in [2.24, 2.45) is 17.8 Å². The van der Waals surface area contributed by atoms with Crippen LogP contribution in [0.25, 0.3) is 10.8 Å². The molecule has 0 unspecified atom stereocenters. The van der Waals surface area contributed by atoms with Gasteiger partial charge in [0.05, 0.1) is 17.9 Å². The second-order valence-corrected chi connectivity index (χ2v) is 19.7. The van der Waals surface area contributed by atoms with E-state index in [0.717, 1.165) is 22.3 Å². The lowest BCUT2D eigenvalue weighted by molar-refractivity contribution is -0.222. The highest BCUT2D eigenvalue weighted by Crippen LogP contribution is 2.48. The van der Waals surface area contributed by atoms with Crippen LogP contribution in [0.5, 0.6) is 11.6 Å². The predicted octanol–water partition coefficient (Wildman–Crippen LogP) is 5.09. The molecular formula is C40H50F3N5O9S. The van der Waals surface area contributed by atoms with Crippen LogP contribution >= 0.6 is 0 Å². The van der Waals surface area contributed by atoms with E-state index in [1.54, 1.807) is 12.1 Å². The van der Waals surface area contributed by atoms with Gasteiger partial charge >= 0.3 is 12.3 Å². The number of aromatic nitrogens is 1. The Morgan fingerprint density at radius 1 is 1.12 bits per heavy atom. The Morgan fingerprint density at radius 3 is 2.52 bits per heavy atom. The number of hydrogen-bond acceptors (Lipinski definition) is 9. The average Bonchev–Trinajstić information content (AvgIpc) is 3.91. The first-order valence-electron chi connectivity index (χ1n) is 19.8. The summed E-state index contributed by atoms with van der Waals surface area (Å²) in [6, 6.07) is 2.12. The second kappa shape index (κ2) is 14.6. The van der Waals surface area contributed by atoms with Crippen molar-refractivity contribution in [3.63, 3.8) is 0 Å². The van der Waals surface area contributed by atoms with E-state index in [1.165, 1.54) is 20.0 Å². The van der Waals surface area contributed by atoms with Crippen molar-refractivity contribution in [3.8, 4) is 11.6 Å². The summed E-state index contributed by atoms with van der Waals surface area (Å²) in [6.45, 7) is 6.46. The molecule has 18 heteroatoms. The van der Waals surface area contributed by atoms with E-state index in [2.05, 4.69) is 15.0 Å². The molecule has 4 amide bonds. The number of fused-ring (bicyclic) bond motifs is 5. The number of benzene rings is 1. The highest BCUT2D eigenvalue weighted by Gasteiger charge is 2.64. The first kappa shape index (κ1) is 41.5. The van der Waals surface area contributed by atoms with Gasteiger partial charge in [-0.05, 0) is 88.8 Å². The highest BCUT2D eigenvalue weighted by atomic mass is 32.2. The maximum absolute atomic E-state index is 15.0. The lowest BCUT2D eigenvalue weighted by Gasteiger charge is -2.45. The molecule has 1 aromatic carbocycles. The number of pyridine rings is 1. The van der Waals surface area contributed by atoms with Gasteiger partial charge in [0.2, 0.25) is 27.7 Å². The minimum atomic E-state index is -5.09. The number of nitrogens with zero attached hydrogens (tertiary/aromatic N) is 3. The number of carbonyl (C=O) groups excluding carboxylic acids is 3. The molecule has 7 rings (SSSR count). The van der Waals surface area contributed by atoms with Gasteiger partial charge in [-0.15, -0.1) is 0 Å². The van der Waals surface area contributed by atoms with Gasteiger partial charge in [-0.1, -0.05) is 32.1 Å². The third kappa shape index (κ3) is 7.33. The number of alkyl halides is 3. The number of carboxylic acid groups (broad SMARTS) is 1. The molecule has 3 fully saturated rings. The quantitative estimate of drug-likeness (QED) is 0.318. The van der Waals surface area contributed by atoms with Gasteiger partial charge in [0.25, 0.3) is 5.91 Å². The summed E-state index contributed by atoms with van der Waals surface area (Å²) in [7, 11) is -4.11. The summed E-state index contributed by atoms with van der Waals surface area (Å²) < 4.78 is 83.8. The largest absolute Gasteiger partial charge is 0.492 e. The van der Waals surface area contributed by atoms with Crippen LogP contribution in [0.3, 0.4) is 0 Å². The molecule has 1 aromatic heterocycles. The van der Waals surface area contributed by atoms with Gasteiger partial charge in [0.15, 0.2) is 0 Å². The number of hydrogen-bond donors (Lipinski definition) is 3. The molecular weight excluding hydrogens is 784 g/mol. The van der Waals surface area contributed by atoms with Crippen molar-refractivity contribution in [1.82, 2.24) is 24.8 Å². The number of nitrogens with one attached hydrogen (secondary N) is 2. The summed E-state index contributed by atoms with van der Waals surface area (Å²) >= 11 is 0. The Bertz CT molecular complexity index is 2160. The van der Waals surface area contributed by atoms with Crippen LogP contribution in [0, 0.1) is 17.8 Å². The first-order chi connectivity index (χ1) is 27.1. The molecule has 58 heavy (non-hydrogen) atoms. The number of amides is 4. The molecule has 3 N–H and O–H groups in total. The SMILES string of the molecule is C[C@H]1CCC=C[C@@H]2C[C@@]2(C(=O)NS(=O)(=O)C2(C)CC2)NC(=O)[C@@H]2C[C@@H](Oc3nccc4c5c(ccc34)CCO5)CN2C(=O)[C@@H](N(C(=O)O)C(C)(C)C(F)(F)F)[C@H](C)C1. The first-order valence-corrected chi connectivity index (χ1v) is 21.2. The molecule has 14 nitrogen and oxygen atoms in total. The molecule has 2 aliphatic carbocycles. The summed E-state index contributed by atoms with van der Waals surface area (Å²) in [5, 5.41) is 14.5. The van der Waals surface area contributed by atoms with Crippen LogP contribution in [0.15, 0.2) is 36.5 Å². The van der Waals surface area contributed by atoms with Crippen LogP contribution in [0.2, 0.25) is 0 Å². The number of allylic oxidation sites excluding steroid dienone is 1. The van der Waals surface area contributed by atoms with Crippen molar-refractivity contribution in [3.05, 3.63) is 42.1 Å². The molecule has 7 atom stereocenters. The number of rotatable bonds is 7. The Hall–Kier alpha value is -4.61. The van der Waals surface area contributed by atoms with Crippen LogP contribution in [-0.2, 0) is 30.8 Å². The van der Waals surface area contributed by atoms with E-state index in [1.807, 2.05) is 25.1 Å². The van der Waals surface area contributed by atoms with E-state index in [4.69, 9.17) is 9.47 Å². The second-order valence-electron chi connectivity index (χ2n) is 17.5. The van der Waals surface area contributed by atoms with Crippen LogP contribution in [0.1, 0.15) is 85.1 Å². The molecule has 1 saturated heterocycles. The Kier molecular flexibility index (Phi) is 10.4. The predicted molar refractivity (Wildman–Crippen MR) is 204 cm³/mol. The standard InChI is InChI=1S/C40H50F3N5O9S/c1-22-8-6-7-9-25-20-39(25,35(51)46-58(54,55)38(5)14-15-38)45-32(49)29-19-26(57-33-28-11-10-24-13-17-56-31(24)27(28)12-16-44-33)21-47(29)34(50)30(23(2)18-22)48(36(52)53)37(3,4)40(41,42)43/h7,9-12,16,22-23,25-26,29-30H,6,8,13-15,17-21H2,1-5H3,(H,45,49)(H,46,51)(H,52,53)/t22-,23+,25+,26+,29-,30-,39+/m0/s1. The summed E-state index contributed by atoms with van der Waals surface area (Å²) in [6.07, 6.45) is -0.511. The normalized spacial score (nSPS) is 29.8. The highest BCUT2D eigenvalue weighted by molar-refractivity contribution is 7.91. The number of carbonyl (C=O) groups is 4. The molecule has 2 saturated carbocycles. The molecule has 2 aromatic rings. The van der Waals surface area contributed by atoms with Crippen molar-refractivity contribution >= 4 is 44.6 Å². The fourth-order valence-corrected chi connectivity index (χ4v) is 10.0. The number of halogens is 3. The maximum Gasteiger partial charge on any atom is 0.411 e. The topological polar surface area (TPSA) is 185 Å². The Morgan fingerprint density at radius 2 is 1.84 bits per heavy atom. The van der Waals surface area contributed by atoms with Crippen molar-refractivity contribution in [2.75, 3.05) is 13.2 Å². The Labute approximate surface area is 334 Å². The minimum Gasteiger partial charge on any atom is -0.492 e. The molecule has 5 aliphatic rings. The molecule has 316 valence electrons. The van der Waals surface area contributed by atoms with Gasteiger partial charge in [0, 0.05) is 35.7 Å². The van der Waals surface area contributed by atoms with Crippen LogP contribution in [0.4, 0.5) is 18.0 Å². The molecule has 4 heterocycles. The molecule has 3 aliphatic heterocycles. The zero-order valence-electron chi connectivity index (χ0n) is 33.1. The lowest BCUT2D eigenvalue weighted by atomic mass is 9.85. The third-order valence-electron chi connectivity index (χ3n) is 12.8. The van der Waals surface area contributed by atoms with Gasteiger partial charge in [-0.2, -0.15) is 13.2 Å². The number of sulfonamides is 1. The van der Waals surface area contributed by atoms with Crippen molar-refractivity contribution < 1.29 is 55.3 Å². The third-order valence-corrected chi connectivity index (χ3v) is 15.0. The van der Waals surface area contributed by atoms with Gasteiger partial charge in [-0.25, -0.2) is 18.2 Å². The zero-order chi connectivity index (χ0) is 42.2. The minimum absolute atomic E-state index is 0.0575. The van der Waals surface area contributed by atoms with E-state index >= 15 is 4.79 Å². The van der Waals surface area contributed by atoms with Gasteiger partial charge in [-0.3, -0.25) is 24.0 Å². The zero-order valence-corrected chi connectivity index (χ0v) is 33.9. The molecule has 0 radical (unpaired) electrons. The fourth-order valence-electron chi connectivity index (χ4n) is 8.71. The van der Waals surface area contributed by atoms with Crippen LogP contribution < -0.4 is 19.5 Å². The fraction of sp³-hybridized carbons (Fsp3) is 0.625.